The van der Waals surface area contributed by atoms with Gasteiger partial charge in [0.05, 0.1) is 0 Å². The molecule has 0 aliphatic carbocycles. The third kappa shape index (κ3) is 3.68. The highest BCUT2D eigenvalue weighted by Crippen LogP contribution is 2.22. The molecule has 0 aliphatic rings. The summed E-state index contributed by atoms with van der Waals surface area (Å²) in [5, 5.41) is 3.41. The topological polar surface area (TPSA) is 59.3 Å². The van der Waals surface area contributed by atoms with Crippen molar-refractivity contribution in [3.63, 3.8) is 0 Å². The summed E-state index contributed by atoms with van der Waals surface area (Å²) in [6.07, 6.45) is 6.21. The van der Waals surface area contributed by atoms with Gasteiger partial charge in [0.15, 0.2) is 5.13 Å². The van der Waals surface area contributed by atoms with Crippen LogP contribution in [0.5, 0.6) is 0 Å². The van der Waals surface area contributed by atoms with Gasteiger partial charge in [-0.25, -0.2) is 9.97 Å². The average Bonchev–Trinajstić information content (AvgIpc) is 3.23. The number of amides is 1. The first-order valence-electron chi connectivity index (χ1n) is 8.03. The van der Waals surface area contributed by atoms with Gasteiger partial charge in [-0.15, -0.1) is 11.3 Å². The van der Waals surface area contributed by atoms with E-state index in [9.17, 15) is 4.79 Å². The molecule has 1 aromatic carbocycles. The minimum atomic E-state index is -0.254. The summed E-state index contributed by atoms with van der Waals surface area (Å²) >= 11 is 4.91. The maximum atomic E-state index is 12.4. The molecule has 0 saturated carbocycles. The zero-order valence-electron chi connectivity index (χ0n) is 13.9. The molecule has 5 nitrogen and oxygen atoms in total. The first kappa shape index (κ1) is 16.9. The van der Waals surface area contributed by atoms with Crippen LogP contribution in [-0.4, -0.2) is 20.3 Å². The van der Waals surface area contributed by atoms with E-state index in [0.717, 1.165) is 27.0 Å². The number of hydrogen-bond donors (Lipinski definition) is 1. The Hall–Kier alpha value is -2.51. The van der Waals surface area contributed by atoms with Gasteiger partial charge in [0, 0.05) is 34.4 Å². The lowest BCUT2D eigenvalue weighted by Gasteiger charge is -1.99. The van der Waals surface area contributed by atoms with Crippen molar-refractivity contribution in [3.8, 4) is 0 Å². The highest BCUT2D eigenvalue weighted by atomic mass is 79.9. The van der Waals surface area contributed by atoms with Crippen molar-refractivity contribution < 1.29 is 4.79 Å². The smallest absolute Gasteiger partial charge is 0.277 e. The Labute approximate surface area is 162 Å². The van der Waals surface area contributed by atoms with E-state index in [1.807, 2.05) is 41.8 Å². The van der Waals surface area contributed by atoms with E-state index >= 15 is 0 Å². The van der Waals surface area contributed by atoms with Crippen molar-refractivity contribution in [2.75, 3.05) is 5.32 Å². The number of nitrogens with one attached hydrogen (secondary N) is 1. The molecule has 0 unspecified atom stereocenters. The van der Waals surface area contributed by atoms with Crippen molar-refractivity contribution in [3.05, 3.63) is 81.2 Å². The second kappa shape index (κ2) is 7.01. The number of carbonyl (C=O) groups excluding carboxylic acids is 1. The summed E-state index contributed by atoms with van der Waals surface area (Å²) in [7, 11) is 0. The normalized spacial score (nSPS) is 11.0. The first-order chi connectivity index (χ1) is 12.6. The molecule has 3 heterocycles. The predicted octanol–water partition coefficient (Wildman–Crippen LogP) is 4.70. The molecule has 1 amide bonds. The Bertz CT molecular complexity index is 1080. The van der Waals surface area contributed by atoms with E-state index in [1.54, 1.807) is 12.4 Å². The van der Waals surface area contributed by atoms with Crippen molar-refractivity contribution >= 4 is 44.0 Å². The molecule has 3 aromatic heterocycles. The number of rotatable bonds is 4. The molecule has 0 spiro atoms. The van der Waals surface area contributed by atoms with Crippen molar-refractivity contribution in [2.45, 2.75) is 13.3 Å². The molecule has 0 aliphatic heterocycles. The minimum absolute atomic E-state index is 0.254. The van der Waals surface area contributed by atoms with Crippen LogP contribution in [0.15, 0.2) is 59.5 Å². The fourth-order valence-electron chi connectivity index (χ4n) is 2.60. The van der Waals surface area contributed by atoms with Gasteiger partial charge >= 0.3 is 0 Å². The number of thiazole rings is 1. The third-order valence-electron chi connectivity index (χ3n) is 3.91. The molecule has 26 heavy (non-hydrogen) atoms. The number of aromatic nitrogens is 3. The Morgan fingerprint density at radius 3 is 2.88 bits per heavy atom. The molecular formula is C19H15BrN4OS. The Kier molecular flexibility index (Phi) is 4.57. The lowest BCUT2D eigenvalue weighted by Crippen LogP contribution is -2.11. The van der Waals surface area contributed by atoms with Crippen LogP contribution < -0.4 is 5.32 Å². The average molecular weight is 427 g/mol. The number of halogens is 1. The highest BCUT2D eigenvalue weighted by molar-refractivity contribution is 9.10. The molecule has 1 N–H and O–H groups in total. The number of anilines is 1. The van der Waals surface area contributed by atoms with Crippen molar-refractivity contribution in [1.82, 2.24) is 14.4 Å². The second-order valence-electron chi connectivity index (χ2n) is 5.98. The standard InChI is InChI=1S/C19H15BrN4OS/c1-12-6-7-24-11-16(22-17(24)8-12)18(25)23-19-21-10-15(26-19)9-13-2-4-14(20)5-3-13/h2-8,10-11H,9H2,1H3,(H,21,23,25). The van der Waals surface area contributed by atoms with Crippen molar-refractivity contribution in [2.24, 2.45) is 0 Å². The lowest BCUT2D eigenvalue weighted by atomic mass is 10.1. The van der Waals surface area contributed by atoms with Gasteiger partial charge in [-0.1, -0.05) is 28.1 Å². The molecule has 0 bridgehead atoms. The van der Waals surface area contributed by atoms with Gasteiger partial charge in [-0.2, -0.15) is 0 Å². The Morgan fingerprint density at radius 2 is 2.08 bits per heavy atom. The summed E-state index contributed by atoms with van der Waals surface area (Å²) in [5.41, 5.74) is 3.43. The number of benzene rings is 1. The highest BCUT2D eigenvalue weighted by Gasteiger charge is 2.13. The summed E-state index contributed by atoms with van der Waals surface area (Å²) in [5.74, 6) is -0.254. The summed E-state index contributed by atoms with van der Waals surface area (Å²) in [6, 6.07) is 12.1. The molecule has 4 rings (SSSR count). The largest absolute Gasteiger partial charge is 0.306 e. The number of nitrogens with zero attached hydrogens (tertiary/aromatic N) is 3. The molecule has 130 valence electrons. The number of imidazole rings is 1. The fourth-order valence-corrected chi connectivity index (χ4v) is 3.71. The molecule has 0 atom stereocenters. The zero-order chi connectivity index (χ0) is 18.1. The van der Waals surface area contributed by atoms with Gasteiger partial charge in [0.1, 0.15) is 11.3 Å². The number of carbonyl (C=O) groups is 1. The van der Waals surface area contributed by atoms with E-state index in [2.05, 4.69) is 43.3 Å². The first-order valence-corrected chi connectivity index (χ1v) is 9.64. The maximum Gasteiger partial charge on any atom is 0.277 e. The van der Waals surface area contributed by atoms with Gasteiger partial charge in [-0.3, -0.25) is 10.1 Å². The molecular weight excluding hydrogens is 412 g/mol. The molecule has 7 heteroatoms. The van der Waals surface area contributed by atoms with Crippen LogP contribution in [-0.2, 0) is 6.42 Å². The summed E-state index contributed by atoms with van der Waals surface area (Å²) in [4.78, 5) is 22.2. The van der Waals surface area contributed by atoms with Gasteiger partial charge in [0.2, 0.25) is 0 Å². The number of fused-ring (bicyclic) bond motifs is 1. The number of pyridine rings is 1. The van der Waals surface area contributed by atoms with Crippen LogP contribution >= 0.6 is 27.3 Å². The SMILES string of the molecule is Cc1ccn2cc(C(=O)Nc3ncc(Cc4ccc(Br)cc4)s3)nc2c1. The van der Waals surface area contributed by atoms with Gasteiger partial charge in [-0.05, 0) is 42.3 Å². The van der Waals surface area contributed by atoms with Crippen LogP contribution in [0.25, 0.3) is 5.65 Å². The Balaban J connectivity index is 1.47. The number of hydrogen-bond acceptors (Lipinski definition) is 4. The van der Waals surface area contributed by atoms with Crippen LogP contribution in [0.2, 0.25) is 0 Å². The summed E-state index contributed by atoms with van der Waals surface area (Å²) < 4.78 is 2.89. The van der Waals surface area contributed by atoms with Crippen LogP contribution in [0.3, 0.4) is 0 Å². The molecule has 0 saturated heterocycles. The number of aryl methyl sites for hydroxylation is 1. The van der Waals surface area contributed by atoms with E-state index in [1.165, 1.54) is 16.9 Å². The van der Waals surface area contributed by atoms with Gasteiger partial charge < -0.3 is 4.40 Å². The fraction of sp³-hybridized carbons (Fsp3) is 0.105. The van der Waals surface area contributed by atoms with E-state index in [4.69, 9.17) is 0 Å². The third-order valence-corrected chi connectivity index (χ3v) is 5.36. The molecule has 0 fully saturated rings. The van der Waals surface area contributed by atoms with E-state index in [0.29, 0.717) is 10.8 Å². The van der Waals surface area contributed by atoms with Gasteiger partial charge in [0.25, 0.3) is 5.91 Å². The maximum absolute atomic E-state index is 12.4. The predicted molar refractivity (Wildman–Crippen MR) is 107 cm³/mol. The van der Waals surface area contributed by atoms with Crippen molar-refractivity contribution in [1.29, 1.82) is 0 Å². The minimum Gasteiger partial charge on any atom is -0.306 e. The van der Waals surface area contributed by atoms with Crippen LogP contribution in [0, 0.1) is 6.92 Å². The lowest BCUT2D eigenvalue weighted by molar-refractivity contribution is 0.102. The molecule has 0 radical (unpaired) electrons. The zero-order valence-corrected chi connectivity index (χ0v) is 16.3. The van der Waals surface area contributed by atoms with Crippen LogP contribution in [0.4, 0.5) is 5.13 Å². The second-order valence-corrected chi connectivity index (χ2v) is 8.02. The van der Waals surface area contributed by atoms with E-state index in [-0.39, 0.29) is 5.91 Å². The van der Waals surface area contributed by atoms with E-state index < -0.39 is 0 Å². The monoisotopic (exact) mass is 426 g/mol. The van der Waals surface area contributed by atoms with Crippen LogP contribution in [0.1, 0.15) is 26.5 Å². The quantitative estimate of drug-likeness (QED) is 0.514. The molecule has 4 aromatic rings. The Morgan fingerprint density at radius 1 is 1.27 bits per heavy atom. The summed E-state index contributed by atoms with van der Waals surface area (Å²) in [6.45, 7) is 2.00.